The highest BCUT2D eigenvalue weighted by Gasteiger charge is 2.27. The molecule has 6 heteroatoms. The SMILES string of the molecule is CCc1ccc(CNC)cc1S(=O)(=O)N1CCCSCC1. The van der Waals surface area contributed by atoms with Gasteiger partial charge in [0.1, 0.15) is 0 Å². The van der Waals surface area contributed by atoms with Crippen molar-refractivity contribution in [1.82, 2.24) is 9.62 Å². The van der Waals surface area contributed by atoms with Crippen LogP contribution in [0.1, 0.15) is 24.5 Å². The third-order valence-electron chi connectivity index (χ3n) is 3.69. The highest BCUT2D eigenvalue weighted by molar-refractivity contribution is 7.99. The summed E-state index contributed by atoms with van der Waals surface area (Å²) in [6.07, 6.45) is 1.67. The number of rotatable bonds is 5. The van der Waals surface area contributed by atoms with E-state index in [9.17, 15) is 8.42 Å². The molecular formula is C15H24N2O2S2. The van der Waals surface area contributed by atoms with Crippen LogP contribution in [0.3, 0.4) is 0 Å². The highest BCUT2D eigenvalue weighted by Crippen LogP contribution is 2.24. The molecule has 0 atom stereocenters. The first-order valence-corrected chi connectivity index (χ1v) is 10.0. The molecule has 1 aromatic rings. The summed E-state index contributed by atoms with van der Waals surface area (Å²) in [4.78, 5) is 0.490. The Morgan fingerprint density at radius 3 is 2.81 bits per heavy atom. The highest BCUT2D eigenvalue weighted by atomic mass is 32.2. The van der Waals surface area contributed by atoms with Gasteiger partial charge in [-0.05, 0) is 42.8 Å². The van der Waals surface area contributed by atoms with Gasteiger partial charge in [0, 0.05) is 25.4 Å². The van der Waals surface area contributed by atoms with Crippen molar-refractivity contribution in [3.05, 3.63) is 29.3 Å². The van der Waals surface area contributed by atoms with Crippen molar-refractivity contribution in [1.29, 1.82) is 0 Å². The maximum absolute atomic E-state index is 13.0. The Labute approximate surface area is 132 Å². The van der Waals surface area contributed by atoms with E-state index in [1.54, 1.807) is 4.31 Å². The molecule has 1 heterocycles. The predicted molar refractivity (Wildman–Crippen MR) is 89.3 cm³/mol. The zero-order valence-corrected chi connectivity index (χ0v) is 14.4. The van der Waals surface area contributed by atoms with E-state index < -0.39 is 10.0 Å². The summed E-state index contributed by atoms with van der Waals surface area (Å²) in [5.74, 6) is 1.93. The van der Waals surface area contributed by atoms with Crippen molar-refractivity contribution in [2.45, 2.75) is 31.2 Å². The zero-order chi connectivity index (χ0) is 15.3. The molecule has 0 radical (unpaired) electrons. The van der Waals surface area contributed by atoms with E-state index in [2.05, 4.69) is 5.32 Å². The van der Waals surface area contributed by atoms with Crippen LogP contribution in [0.25, 0.3) is 0 Å². The first-order chi connectivity index (χ1) is 10.1. The van der Waals surface area contributed by atoms with Crippen LogP contribution in [0.4, 0.5) is 0 Å². The lowest BCUT2D eigenvalue weighted by atomic mass is 10.1. The van der Waals surface area contributed by atoms with Gasteiger partial charge in [0.25, 0.3) is 0 Å². The number of hydrogen-bond donors (Lipinski definition) is 1. The topological polar surface area (TPSA) is 49.4 Å². The molecule has 1 aromatic carbocycles. The van der Waals surface area contributed by atoms with Crippen molar-refractivity contribution in [3.63, 3.8) is 0 Å². The van der Waals surface area contributed by atoms with Gasteiger partial charge < -0.3 is 5.32 Å². The third-order valence-corrected chi connectivity index (χ3v) is 6.72. The first kappa shape index (κ1) is 16.8. The van der Waals surface area contributed by atoms with Gasteiger partial charge in [-0.1, -0.05) is 19.1 Å². The molecular weight excluding hydrogens is 304 g/mol. The largest absolute Gasteiger partial charge is 0.316 e. The summed E-state index contributed by atoms with van der Waals surface area (Å²) in [6.45, 7) is 3.94. The van der Waals surface area contributed by atoms with Crippen LogP contribution in [0.2, 0.25) is 0 Å². The second kappa shape index (κ2) is 7.63. The van der Waals surface area contributed by atoms with Gasteiger partial charge >= 0.3 is 0 Å². The minimum Gasteiger partial charge on any atom is -0.316 e. The van der Waals surface area contributed by atoms with Crippen LogP contribution in [-0.4, -0.2) is 44.4 Å². The van der Waals surface area contributed by atoms with E-state index in [0.29, 0.717) is 24.5 Å². The van der Waals surface area contributed by atoms with Gasteiger partial charge in [-0.25, -0.2) is 8.42 Å². The number of nitrogens with zero attached hydrogens (tertiary/aromatic N) is 1. The molecule has 1 aliphatic heterocycles. The molecule has 0 aliphatic carbocycles. The van der Waals surface area contributed by atoms with Gasteiger partial charge in [0.05, 0.1) is 4.90 Å². The van der Waals surface area contributed by atoms with Crippen molar-refractivity contribution in [3.8, 4) is 0 Å². The Balaban J connectivity index is 2.38. The Bertz CT molecular complexity index is 565. The van der Waals surface area contributed by atoms with Crippen molar-refractivity contribution >= 4 is 21.8 Å². The lowest BCUT2D eigenvalue weighted by Crippen LogP contribution is -2.33. The summed E-state index contributed by atoms with van der Waals surface area (Å²) in [7, 11) is -1.51. The van der Waals surface area contributed by atoms with E-state index in [4.69, 9.17) is 0 Å². The molecule has 0 unspecified atom stereocenters. The van der Waals surface area contributed by atoms with E-state index >= 15 is 0 Å². The molecule has 0 spiro atoms. The average Bonchev–Trinajstić information content (AvgIpc) is 2.77. The monoisotopic (exact) mass is 328 g/mol. The maximum atomic E-state index is 13.0. The summed E-state index contributed by atoms with van der Waals surface area (Å²) < 4.78 is 27.6. The Morgan fingerprint density at radius 2 is 2.10 bits per heavy atom. The molecule has 2 rings (SSSR count). The van der Waals surface area contributed by atoms with Crippen LogP contribution in [0.5, 0.6) is 0 Å². The van der Waals surface area contributed by atoms with Crippen LogP contribution < -0.4 is 5.32 Å². The molecule has 0 aromatic heterocycles. The quantitative estimate of drug-likeness (QED) is 0.899. The third kappa shape index (κ3) is 4.00. The van der Waals surface area contributed by atoms with E-state index in [1.165, 1.54) is 0 Å². The predicted octanol–water partition coefficient (Wildman–Crippen LogP) is 2.10. The number of aryl methyl sites for hydroxylation is 1. The van der Waals surface area contributed by atoms with Crippen molar-refractivity contribution in [2.75, 3.05) is 31.6 Å². The molecule has 118 valence electrons. The first-order valence-electron chi connectivity index (χ1n) is 7.44. The second-order valence-electron chi connectivity index (χ2n) is 5.20. The molecule has 0 amide bonds. The van der Waals surface area contributed by atoms with Crippen LogP contribution >= 0.6 is 11.8 Å². The van der Waals surface area contributed by atoms with Crippen molar-refractivity contribution < 1.29 is 8.42 Å². The lowest BCUT2D eigenvalue weighted by molar-refractivity contribution is 0.434. The molecule has 4 nitrogen and oxygen atoms in total. The summed E-state index contributed by atoms with van der Waals surface area (Å²) in [5, 5.41) is 3.08. The molecule has 1 aliphatic rings. The van der Waals surface area contributed by atoms with Gasteiger partial charge in [0.15, 0.2) is 0 Å². The van der Waals surface area contributed by atoms with Crippen molar-refractivity contribution in [2.24, 2.45) is 0 Å². The Kier molecular flexibility index (Phi) is 6.10. The molecule has 1 saturated heterocycles. The zero-order valence-electron chi connectivity index (χ0n) is 12.8. The molecule has 0 bridgehead atoms. The van der Waals surface area contributed by atoms with Gasteiger partial charge in [-0.15, -0.1) is 0 Å². The summed E-state index contributed by atoms with van der Waals surface area (Å²) in [5.41, 5.74) is 1.92. The summed E-state index contributed by atoms with van der Waals surface area (Å²) in [6, 6.07) is 5.79. The fourth-order valence-electron chi connectivity index (χ4n) is 2.55. The maximum Gasteiger partial charge on any atom is 0.243 e. The van der Waals surface area contributed by atoms with E-state index in [1.807, 2.05) is 43.9 Å². The Hall–Kier alpha value is -0.560. The number of nitrogens with one attached hydrogen (secondary N) is 1. The standard InChI is InChI=1S/C15H24N2O2S2/c1-3-14-6-5-13(12-16-2)11-15(14)21(18,19)17-7-4-9-20-10-8-17/h5-6,11,16H,3-4,7-10,12H2,1-2H3. The fraction of sp³-hybridized carbons (Fsp3) is 0.600. The van der Waals surface area contributed by atoms with Crippen LogP contribution in [0, 0.1) is 0 Å². The van der Waals surface area contributed by atoms with E-state index in [0.717, 1.165) is 35.5 Å². The average molecular weight is 329 g/mol. The second-order valence-corrected chi connectivity index (χ2v) is 8.33. The summed E-state index contributed by atoms with van der Waals surface area (Å²) >= 11 is 1.84. The number of hydrogen-bond acceptors (Lipinski definition) is 4. The van der Waals surface area contributed by atoms with Gasteiger partial charge in [-0.3, -0.25) is 0 Å². The molecule has 1 fully saturated rings. The normalized spacial score (nSPS) is 17.6. The van der Waals surface area contributed by atoms with Gasteiger partial charge in [0.2, 0.25) is 10.0 Å². The number of thioether (sulfide) groups is 1. The molecule has 1 N–H and O–H groups in total. The fourth-order valence-corrected chi connectivity index (χ4v) is 5.37. The number of sulfonamides is 1. The lowest BCUT2D eigenvalue weighted by Gasteiger charge is -2.22. The van der Waals surface area contributed by atoms with Gasteiger partial charge in [-0.2, -0.15) is 16.1 Å². The van der Waals surface area contributed by atoms with E-state index in [-0.39, 0.29) is 0 Å². The molecule has 0 saturated carbocycles. The van der Waals surface area contributed by atoms with Crippen LogP contribution in [-0.2, 0) is 23.0 Å². The number of benzene rings is 1. The minimum atomic E-state index is -3.38. The van der Waals surface area contributed by atoms with Crippen LogP contribution in [0.15, 0.2) is 23.1 Å². The molecule has 21 heavy (non-hydrogen) atoms. The smallest absolute Gasteiger partial charge is 0.243 e. The minimum absolute atomic E-state index is 0.490. The Morgan fingerprint density at radius 1 is 1.29 bits per heavy atom.